The van der Waals surface area contributed by atoms with Crippen molar-refractivity contribution in [1.82, 2.24) is 0 Å². The summed E-state index contributed by atoms with van der Waals surface area (Å²) in [6, 6.07) is 12.6. The third-order valence-electron chi connectivity index (χ3n) is 6.93. The lowest BCUT2D eigenvalue weighted by Crippen LogP contribution is -2.53. The molecule has 168 valence electrons. The number of amides is 2. The van der Waals surface area contributed by atoms with E-state index in [-0.39, 0.29) is 29.0 Å². The predicted octanol–water partition coefficient (Wildman–Crippen LogP) is 4.18. The van der Waals surface area contributed by atoms with Crippen LogP contribution in [0, 0.1) is 5.92 Å². The van der Waals surface area contributed by atoms with Gasteiger partial charge in [-0.2, -0.15) is 0 Å². The molecule has 0 unspecified atom stereocenters. The number of nitrogens with zero attached hydrogens (tertiary/aromatic N) is 2. The van der Waals surface area contributed by atoms with Crippen molar-refractivity contribution in [2.45, 2.75) is 62.1 Å². The van der Waals surface area contributed by atoms with Crippen LogP contribution >= 0.6 is 0 Å². The van der Waals surface area contributed by atoms with Crippen LogP contribution in [0.15, 0.2) is 47.4 Å². The van der Waals surface area contributed by atoms with Crippen LogP contribution < -0.4 is 9.80 Å². The molecule has 1 aliphatic heterocycles. The summed E-state index contributed by atoms with van der Waals surface area (Å²) in [6.07, 6.45) is 4.35. The Morgan fingerprint density at radius 2 is 1.66 bits per heavy atom. The number of hydrogen-bond donors (Lipinski definition) is 0. The van der Waals surface area contributed by atoms with Crippen LogP contribution in [0.25, 0.3) is 11.1 Å². The molecule has 0 aromatic heterocycles. The quantitative estimate of drug-likeness (QED) is 0.698. The fourth-order valence-electron chi connectivity index (χ4n) is 4.79. The Hall–Kier alpha value is -2.67. The van der Waals surface area contributed by atoms with Gasteiger partial charge in [-0.3, -0.25) is 9.59 Å². The van der Waals surface area contributed by atoms with E-state index in [1.54, 1.807) is 30.0 Å². The second-order valence-electron chi connectivity index (χ2n) is 9.29. The van der Waals surface area contributed by atoms with Crippen molar-refractivity contribution in [3.05, 3.63) is 42.5 Å². The molecule has 2 aromatic carbocycles. The Labute approximate surface area is 189 Å². The third kappa shape index (κ3) is 3.52. The summed E-state index contributed by atoms with van der Waals surface area (Å²) in [4.78, 5) is 29.5. The zero-order valence-electron chi connectivity index (χ0n) is 18.5. The minimum absolute atomic E-state index is 0.0506. The highest BCUT2D eigenvalue weighted by atomic mass is 32.2. The molecule has 2 saturated carbocycles. The highest BCUT2D eigenvalue weighted by Crippen LogP contribution is 2.42. The summed E-state index contributed by atoms with van der Waals surface area (Å²) in [5.41, 5.74) is 3.08. The van der Waals surface area contributed by atoms with Crippen LogP contribution in [-0.2, 0) is 19.4 Å². The Morgan fingerprint density at radius 3 is 2.28 bits per heavy atom. The number of carbonyl (C=O) groups excluding carboxylic acids is 2. The number of rotatable bonds is 4. The van der Waals surface area contributed by atoms with Crippen molar-refractivity contribution < 1.29 is 18.0 Å². The fraction of sp³-hybridized carbons (Fsp3) is 0.440. The van der Waals surface area contributed by atoms with Gasteiger partial charge in [0.1, 0.15) is 0 Å². The van der Waals surface area contributed by atoms with Crippen LogP contribution in [0.1, 0.15) is 46.0 Å². The summed E-state index contributed by atoms with van der Waals surface area (Å²) in [6.45, 7) is 3.97. The number of carbonyl (C=O) groups is 2. The normalized spacial score (nSPS) is 21.1. The average molecular weight is 453 g/mol. The molecule has 1 atom stereocenters. The first-order chi connectivity index (χ1) is 15.3. The highest BCUT2D eigenvalue weighted by molar-refractivity contribution is 7.92. The molecule has 0 spiro atoms. The summed E-state index contributed by atoms with van der Waals surface area (Å²) < 4.78 is 25.4. The fourth-order valence-corrected chi connectivity index (χ4v) is 6.49. The SMILES string of the molecule is CC(=O)N1c2ccc(-c3cccc(S(=O)(=O)C4CC4)c3)cc2N(C(=O)C2CCC2)C[C@@H]1C. The maximum absolute atomic E-state index is 13.2. The number of fused-ring (bicyclic) bond motifs is 1. The van der Waals surface area contributed by atoms with Gasteiger partial charge in [0, 0.05) is 19.4 Å². The van der Waals surface area contributed by atoms with E-state index in [9.17, 15) is 18.0 Å². The van der Waals surface area contributed by atoms with Crippen LogP contribution in [0.5, 0.6) is 0 Å². The minimum Gasteiger partial charge on any atom is -0.308 e. The van der Waals surface area contributed by atoms with Gasteiger partial charge in [0.05, 0.1) is 27.6 Å². The van der Waals surface area contributed by atoms with Crippen LogP contribution in [0.4, 0.5) is 11.4 Å². The lowest BCUT2D eigenvalue weighted by Gasteiger charge is -2.43. The molecule has 2 aromatic rings. The van der Waals surface area contributed by atoms with Crippen molar-refractivity contribution in [2.75, 3.05) is 16.3 Å². The molecule has 32 heavy (non-hydrogen) atoms. The van der Waals surface area contributed by atoms with Crippen molar-refractivity contribution >= 4 is 33.0 Å². The maximum Gasteiger partial charge on any atom is 0.230 e. The van der Waals surface area contributed by atoms with Gasteiger partial charge in [0.25, 0.3) is 0 Å². The van der Waals surface area contributed by atoms with Crippen molar-refractivity contribution in [1.29, 1.82) is 0 Å². The van der Waals surface area contributed by atoms with Gasteiger partial charge >= 0.3 is 0 Å². The summed E-state index contributed by atoms with van der Waals surface area (Å²) in [5, 5.41) is -0.262. The molecule has 7 heteroatoms. The number of anilines is 2. The van der Waals surface area contributed by atoms with E-state index in [1.165, 1.54) is 0 Å². The first kappa shape index (κ1) is 21.2. The molecular formula is C25H28N2O4S. The topological polar surface area (TPSA) is 74.8 Å². The molecule has 6 nitrogen and oxygen atoms in total. The molecule has 0 radical (unpaired) electrons. The van der Waals surface area contributed by atoms with Crippen LogP contribution in [0.2, 0.25) is 0 Å². The second kappa shape index (κ2) is 7.73. The third-order valence-corrected chi connectivity index (χ3v) is 9.19. The number of benzene rings is 2. The zero-order chi connectivity index (χ0) is 22.6. The van der Waals surface area contributed by atoms with E-state index in [4.69, 9.17) is 0 Å². The van der Waals surface area contributed by atoms with Crippen LogP contribution in [0.3, 0.4) is 0 Å². The van der Waals surface area contributed by atoms with Crippen molar-refractivity contribution in [2.24, 2.45) is 5.92 Å². The van der Waals surface area contributed by atoms with Gasteiger partial charge in [-0.15, -0.1) is 0 Å². The largest absolute Gasteiger partial charge is 0.308 e. The molecule has 0 bridgehead atoms. The standard InChI is InChI=1S/C25H28N2O4S/c1-16-15-26(25(29)18-5-3-6-18)24-14-20(9-12-23(24)27(16)17(2)28)19-7-4-8-22(13-19)32(30,31)21-10-11-21/h4,7-9,12-14,16,18,21H,3,5-6,10-11,15H2,1-2H3/t16-/m0/s1. The molecule has 2 aliphatic carbocycles. The second-order valence-corrected chi connectivity index (χ2v) is 11.5. The molecule has 1 heterocycles. The Bertz CT molecular complexity index is 1200. The molecule has 2 amide bonds. The Kier molecular flexibility index (Phi) is 5.12. The van der Waals surface area contributed by atoms with Crippen molar-refractivity contribution in [3.8, 4) is 11.1 Å². The molecule has 3 aliphatic rings. The van der Waals surface area contributed by atoms with Gasteiger partial charge in [0.15, 0.2) is 9.84 Å². The van der Waals surface area contributed by atoms with Gasteiger partial charge in [-0.25, -0.2) is 8.42 Å². The van der Waals surface area contributed by atoms with Gasteiger partial charge in [-0.05, 0) is 68.0 Å². The lowest BCUT2D eigenvalue weighted by atomic mass is 9.84. The monoisotopic (exact) mass is 452 g/mol. The molecule has 2 fully saturated rings. The van der Waals surface area contributed by atoms with E-state index in [1.807, 2.05) is 36.1 Å². The van der Waals surface area contributed by atoms with Crippen molar-refractivity contribution in [3.63, 3.8) is 0 Å². The van der Waals surface area contributed by atoms with E-state index >= 15 is 0 Å². The van der Waals surface area contributed by atoms with Gasteiger partial charge in [0.2, 0.25) is 11.8 Å². The summed E-state index contributed by atoms with van der Waals surface area (Å²) in [7, 11) is -3.29. The Morgan fingerprint density at radius 1 is 0.938 bits per heavy atom. The van der Waals surface area contributed by atoms with E-state index < -0.39 is 9.84 Å². The molecule has 0 saturated heterocycles. The number of hydrogen-bond acceptors (Lipinski definition) is 4. The molecular weight excluding hydrogens is 424 g/mol. The Balaban J connectivity index is 1.58. The predicted molar refractivity (Wildman–Crippen MR) is 124 cm³/mol. The highest BCUT2D eigenvalue weighted by Gasteiger charge is 2.38. The molecule has 0 N–H and O–H groups in total. The lowest BCUT2D eigenvalue weighted by molar-refractivity contribution is -0.125. The summed E-state index contributed by atoms with van der Waals surface area (Å²) in [5.74, 6) is 0.115. The average Bonchev–Trinajstić information content (AvgIpc) is 3.57. The smallest absolute Gasteiger partial charge is 0.230 e. The minimum atomic E-state index is -3.29. The zero-order valence-corrected chi connectivity index (χ0v) is 19.3. The first-order valence-corrected chi connectivity index (χ1v) is 12.9. The van der Waals surface area contributed by atoms with Crippen LogP contribution in [-0.4, -0.2) is 38.1 Å². The first-order valence-electron chi connectivity index (χ1n) is 11.4. The van der Waals surface area contributed by atoms with Gasteiger partial charge < -0.3 is 9.80 Å². The van der Waals surface area contributed by atoms with E-state index in [0.717, 1.165) is 54.6 Å². The molecule has 5 rings (SSSR count). The van der Waals surface area contributed by atoms with Gasteiger partial charge in [-0.1, -0.05) is 24.6 Å². The summed E-state index contributed by atoms with van der Waals surface area (Å²) >= 11 is 0. The van der Waals surface area contributed by atoms with E-state index in [0.29, 0.717) is 11.4 Å². The number of sulfone groups is 1. The van der Waals surface area contributed by atoms with E-state index in [2.05, 4.69) is 0 Å². The maximum atomic E-state index is 13.2.